The van der Waals surface area contributed by atoms with Crippen molar-refractivity contribution in [2.75, 3.05) is 5.32 Å². The van der Waals surface area contributed by atoms with Crippen LogP contribution in [0.25, 0.3) is 33.3 Å². The summed E-state index contributed by atoms with van der Waals surface area (Å²) in [4.78, 5) is 12.3. The highest BCUT2D eigenvalue weighted by Gasteiger charge is 2.22. The Kier molecular flexibility index (Phi) is 4.13. The topological polar surface area (TPSA) is 66.7 Å². The maximum Gasteiger partial charge on any atom is 0.194 e. The van der Waals surface area contributed by atoms with Crippen LogP contribution in [0, 0.1) is 6.92 Å². The lowest BCUT2D eigenvalue weighted by Crippen LogP contribution is -2.11. The molecule has 5 aromatic rings. The average Bonchev–Trinajstić information content (AvgIpc) is 3.34. The molecule has 0 aliphatic carbocycles. The molecule has 3 heterocycles. The number of nitrogens with zero attached hydrogens (tertiary/aromatic N) is 2. The molecule has 5 rings (SSSR count). The summed E-state index contributed by atoms with van der Waals surface area (Å²) in [7, 11) is 0. The maximum absolute atomic E-state index is 6.17. The molecule has 0 unspecified atom stereocenters. The summed E-state index contributed by atoms with van der Waals surface area (Å²) < 4.78 is 6.17. The SMILES string of the molecule is Cc1cccc2cc(Nc3c(-c4nc(C(C)(C)C)c[nH]4)oc4cnccc34)ccc12. The highest BCUT2D eigenvalue weighted by Crippen LogP contribution is 2.39. The number of hydrogen-bond donors (Lipinski definition) is 2. The first-order chi connectivity index (χ1) is 14.4. The summed E-state index contributed by atoms with van der Waals surface area (Å²) in [6.45, 7) is 8.57. The first kappa shape index (κ1) is 18.4. The van der Waals surface area contributed by atoms with Gasteiger partial charge in [0.25, 0.3) is 0 Å². The molecule has 0 saturated carbocycles. The van der Waals surface area contributed by atoms with Crippen LogP contribution in [0.2, 0.25) is 0 Å². The minimum atomic E-state index is -0.0495. The summed E-state index contributed by atoms with van der Waals surface area (Å²) >= 11 is 0. The van der Waals surface area contributed by atoms with Crippen molar-refractivity contribution in [2.24, 2.45) is 0 Å². The Morgan fingerprint density at radius 2 is 1.90 bits per heavy atom. The molecule has 0 aliphatic heterocycles. The van der Waals surface area contributed by atoms with Gasteiger partial charge in [0.05, 0.1) is 17.6 Å². The second kappa shape index (κ2) is 6.73. The Morgan fingerprint density at radius 1 is 1.03 bits per heavy atom. The molecule has 3 aromatic heterocycles. The molecule has 5 nitrogen and oxygen atoms in total. The molecule has 0 amide bonds. The lowest BCUT2D eigenvalue weighted by Gasteiger charge is -2.13. The predicted molar refractivity (Wildman–Crippen MR) is 122 cm³/mol. The molecule has 0 radical (unpaired) electrons. The molecule has 0 fully saturated rings. The van der Waals surface area contributed by atoms with Crippen LogP contribution < -0.4 is 5.32 Å². The zero-order chi connectivity index (χ0) is 20.9. The van der Waals surface area contributed by atoms with Crippen LogP contribution in [0.1, 0.15) is 32.0 Å². The third-order valence-corrected chi connectivity index (χ3v) is 5.42. The first-order valence-corrected chi connectivity index (χ1v) is 10.1. The quantitative estimate of drug-likeness (QED) is 0.355. The number of fused-ring (bicyclic) bond motifs is 2. The normalized spacial score (nSPS) is 12.0. The Labute approximate surface area is 175 Å². The van der Waals surface area contributed by atoms with E-state index in [0.717, 1.165) is 28.0 Å². The molecule has 5 heteroatoms. The molecule has 2 N–H and O–H groups in total. The fraction of sp³-hybridized carbons (Fsp3) is 0.200. The van der Waals surface area contributed by atoms with E-state index in [0.29, 0.717) is 11.6 Å². The van der Waals surface area contributed by atoms with Gasteiger partial charge in [-0.2, -0.15) is 0 Å². The maximum atomic E-state index is 6.17. The third-order valence-electron chi connectivity index (χ3n) is 5.42. The van der Waals surface area contributed by atoms with Gasteiger partial charge in [-0.25, -0.2) is 4.98 Å². The van der Waals surface area contributed by atoms with Crippen molar-refractivity contribution in [3.05, 3.63) is 72.3 Å². The zero-order valence-corrected chi connectivity index (χ0v) is 17.6. The van der Waals surface area contributed by atoms with Crippen molar-refractivity contribution >= 4 is 33.1 Å². The fourth-order valence-corrected chi connectivity index (χ4v) is 3.73. The van der Waals surface area contributed by atoms with Crippen LogP contribution in [0.5, 0.6) is 0 Å². The van der Waals surface area contributed by atoms with Crippen molar-refractivity contribution in [3.8, 4) is 11.6 Å². The summed E-state index contributed by atoms with van der Waals surface area (Å²) in [6, 6.07) is 14.7. The van der Waals surface area contributed by atoms with Gasteiger partial charge < -0.3 is 14.7 Å². The Balaban J connectivity index is 1.63. The number of rotatable bonds is 3. The Hall–Kier alpha value is -3.60. The molecule has 0 spiro atoms. The number of benzene rings is 2. The van der Waals surface area contributed by atoms with E-state index in [1.807, 2.05) is 12.3 Å². The van der Waals surface area contributed by atoms with E-state index >= 15 is 0 Å². The summed E-state index contributed by atoms with van der Waals surface area (Å²) in [6.07, 6.45) is 5.46. The monoisotopic (exact) mass is 396 g/mol. The van der Waals surface area contributed by atoms with E-state index in [1.54, 1.807) is 12.4 Å². The Bertz CT molecular complexity index is 1370. The van der Waals surface area contributed by atoms with E-state index in [4.69, 9.17) is 9.40 Å². The first-order valence-electron chi connectivity index (χ1n) is 10.1. The summed E-state index contributed by atoms with van der Waals surface area (Å²) in [5.74, 6) is 1.38. The van der Waals surface area contributed by atoms with Gasteiger partial charge in [-0.05, 0) is 41.5 Å². The van der Waals surface area contributed by atoms with Crippen molar-refractivity contribution in [2.45, 2.75) is 33.1 Å². The lowest BCUT2D eigenvalue weighted by atomic mass is 9.93. The largest absolute Gasteiger partial charge is 0.449 e. The van der Waals surface area contributed by atoms with Crippen molar-refractivity contribution in [1.29, 1.82) is 0 Å². The number of furan rings is 1. The minimum Gasteiger partial charge on any atom is -0.449 e. The fourth-order valence-electron chi connectivity index (χ4n) is 3.73. The number of aryl methyl sites for hydroxylation is 1. The van der Waals surface area contributed by atoms with Gasteiger partial charge in [0, 0.05) is 28.9 Å². The van der Waals surface area contributed by atoms with E-state index < -0.39 is 0 Å². The number of aromatic amines is 1. The van der Waals surface area contributed by atoms with E-state index in [-0.39, 0.29) is 5.41 Å². The van der Waals surface area contributed by atoms with Gasteiger partial charge in [0.15, 0.2) is 17.2 Å². The average molecular weight is 396 g/mol. The van der Waals surface area contributed by atoms with Gasteiger partial charge in [-0.1, -0.05) is 45.0 Å². The standard InChI is InChI=1S/C25H24N4O/c1-15-6-5-7-16-12-17(8-9-18(15)16)28-22-19-10-11-26-13-20(19)30-23(22)24-27-14-21(29-24)25(2,3)4/h5-14,28H,1-4H3,(H,27,29). The van der Waals surface area contributed by atoms with Crippen LogP contribution in [0.4, 0.5) is 11.4 Å². The van der Waals surface area contributed by atoms with E-state index in [1.165, 1.54) is 16.3 Å². The summed E-state index contributed by atoms with van der Waals surface area (Å²) in [5, 5.41) is 7.00. The highest BCUT2D eigenvalue weighted by atomic mass is 16.3. The van der Waals surface area contributed by atoms with Crippen LogP contribution in [0.3, 0.4) is 0 Å². The number of imidazole rings is 1. The molecule has 0 aliphatic rings. The minimum absolute atomic E-state index is 0.0495. The van der Waals surface area contributed by atoms with Crippen molar-refractivity contribution < 1.29 is 4.42 Å². The van der Waals surface area contributed by atoms with E-state index in [9.17, 15) is 0 Å². The number of nitrogens with one attached hydrogen (secondary N) is 2. The second-order valence-corrected chi connectivity index (χ2v) is 8.70. The Morgan fingerprint density at radius 3 is 2.70 bits per heavy atom. The number of H-pyrrole nitrogens is 1. The number of pyridine rings is 1. The molecule has 0 atom stereocenters. The molecule has 150 valence electrons. The molecule has 0 saturated heterocycles. The van der Waals surface area contributed by atoms with Gasteiger partial charge in [-0.3, -0.25) is 4.98 Å². The predicted octanol–water partition coefficient (Wildman–Crippen LogP) is 6.72. The van der Waals surface area contributed by atoms with Crippen LogP contribution >= 0.6 is 0 Å². The second-order valence-electron chi connectivity index (χ2n) is 8.70. The number of hydrogen-bond acceptors (Lipinski definition) is 4. The molecular weight excluding hydrogens is 372 g/mol. The molecule has 2 aromatic carbocycles. The molecule has 30 heavy (non-hydrogen) atoms. The highest BCUT2D eigenvalue weighted by molar-refractivity contribution is 6.00. The van der Waals surface area contributed by atoms with Gasteiger partial charge in [-0.15, -0.1) is 0 Å². The number of aromatic nitrogens is 3. The lowest BCUT2D eigenvalue weighted by molar-refractivity contribution is 0.571. The third kappa shape index (κ3) is 3.12. The smallest absolute Gasteiger partial charge is 0.194 e. The van der Waals surface area contributed by atoms with Gasteiger partial charge >= 0.3 is 0 Å². The molecule has 0 bridgehead atoms. The number of anilines is 2. The molecular formula is C25H24N4O. The van der Waals surface area contributed by atoms with Crippen LogP contribution in [0.15, 0.2) is 65.5 Å². The van der Waals surface area contributed by atoms with Crippen molar-refractivity contribution in [3.63, 3.8) is 0 Å². The van der Waals surface area contributed by atoms with Gasteiger partial charge in [0.2, 0.25) is 0 Å². The van der Waals surface area contributed by atoms with E-state index in [2.05, 4.69) is 79.4 Å². The summed E-state index contributed by atoms with van der Waals surface area (Å²) in [5.41, 5.74) is 4.81. The van der Waals surface area contributed by atoms with Gasteiger partial charge in [0.1, 0.15) is 0 Å². The zero-order valence-electron chi connectivity index (χ0n) is 17.6. The van der Waals surface area contributed by atoms with Crippen molar-refractivity contribution in [1.82, 2.24) is 15.0 Å². The van der Waals surface area contributed by atoms with Crippen LogP contribution in [-0.2, 0) is 5.41 Å². The van der Waals surface area contributed by atoms with Crippen LogP contribution in [-0.4, -0.2) is 15.0 Å².